The molecule has 3 aromatic carbocycles. The number of rotatable bonds is 6. The zero-order chi connectivity index (χ0) is 16.8. The van der Waals surface area contributed by atoms with Gasteiger partial charge in [-0.1, -0.05) is 72.8 Å². The number of hydrogen-bond acceptors (Lipinski definition) is 2. The Morgan fingerprint density at radius 2 is 1.62 bits per heavy atom. The highest BCUT2D eigenvalue weighted by Crippen LogP contribution is 2.23. The second-order valence-electron chi connectivity index (χ2n) is 5.93. The minimum absolute atomic E-state index is 0.00550. The molecular formula is C21H22N2O. The molecule has 0 saturated heterocycles. The van der Waals surface area contributed by atoms with E-state index >= 15 is 0 Å². The molecular weight excluding hydrogens is 296 g/mol. The fourth-order valence-electron chi connectivity index (χ4n) is 2.84. The second kappa shape index (κ2) is 7.75. The monoisotopic (exact) mass is 318 g/mol. The summed E-state index contributed by atoms with van der Waals surface area (Å²) in [6, 6.07) is 24.6. The van der Waals surface area contributed by atoms with Crippen molar-refractivity contribution in [3.63, 3.8) is 0 Å². The Morgan fingerprint density at radius 3 is 2.46 bits per heavy atom. The first-order valence-electron chi connectivity index (χ1n) is 8.26. The van der Waals surface area contributed by atoms with Gasteiger partial charge in [0.2, 0.25) is 5.91 Å². The molecule has 0 aliphatic carbocycles. The molecule has 3 nitrogen and oxygen atoms in total. The van der Waals surface area contributed by atoms with Crippen molar-refractivity contribution < 1.29 is 4.79 Å². The van der Waals surface area contributed by atoms with Gasteiger partial charge in [0.1, 0.15) is 0 Å². The summed E-state index contributed by atoms with van der Waals surface area (Å²) >= 11 is 0. The quantitative estimate of drug-likeness (QED) is 0.726. The molecule has 24 heavy (non-hydrogen) atoms. The fraction of sp³-hybridized carbons (Fsp3) is 0.190. The van der Waals surface area contributed by atoms with E-state index in [1.165, 1.54) is 16.3 Å². The third kappa shape index (κ3) is 4.00. The maximum atomic E-state index is 12.0. The molecule has 0 bridgehead atoms. The van der Waals surface area contributed by atoms with Gasteiger partial charge in [-0.3, -0.25) is 4.79 Å². The van der Waals surface area contributed by atoms with Crippen molar-refractivity contribution in [3.05, 3.63) is 83.9 Å². The lowest BCUT2D eigenvalue weighted by Gasteiger charge is -2.16. The summed E-state index contributed by atoms with van der Waals surface area (Å²) in [5.74, 6) is 0.00550. The lowest BCUT2D eigenvalue weighted by Crippen LogP contribution is -2.34. The summed E-state index contributed by atoms with van der Waals surface area (Å²) in [6.45, 7) is 2.95. The number of amides is 1. The van der Waals surface area contributed by atoms with Crippen LogP contribution in [0, 0.1) is 0 Å². The smallest absolute Gasteiger partial charge is 0.234 e. The average Bonchev–Trinajstić information content (AvgIpc) is 2.64. The lowest BCUT2D eigenvalue weighted by atomic mass is 10.00. The molecule has 3 heteroatoms. The standard InChI is InChI=1S/C21H22N2O/c1-16(19-13-7-11-18-10-5-6-12-20(18)19)22-15-21(24)23-14-17-8-3-2-4-9-17/h2-13,16,22H,14-15H2,1H3,(H,23,24)/t16-/m0/s1. The van der Waals surface area contributed by atoms with E-state index in [1.54, 1.807) is 0 Å². The minimum atomic E-state index is 0.00550. The van der Waals surface area contributed by atoms with Crippen LogP contribution in [0.2, 0.25) is 0 Å². The first-order chi connectivity index (χ1) is 11.7. The van der Waals surface area contributed by atoms with E-state index in [0.717, 1.165) is 5.56 Å². The predicted molar refractivity (Wildman–Crippen MR) is 98.7 cm³/mol. The SMILES string of the molecule is C[C@H](NCC(=O)NCc1ccccc1)c1cccc2ccccc12. The number of benzene rings is 3. The zero-order valence-electron chi connectivity index (χ0n) is 13.8. The van der Waals surface area contributed by atoms with Gasteiger partial charge in [0.05, 0.1) is 6.54 Å². The molecule has 0 saturated carbocycles. The molecule has 0 aromatic heterocycles. The van der Waals surface area contributed by atoms with Crippen LogP contribution in [-0.4, -0.2) is 12.5 Å². The Balaban J connectivity index is 1.56. The van der Waals surface area contributed by atoms with Crippen molar-refractivity contribution in [2.24, 2.45) is 0 Å². The molecule has 0 radical (unpaired) electrons. The largest absolute Gasteiger partial charge is 0.351 e. The van der Waals surface area contributed by atoms with E-state index in [9.17, 15) is 4.79 Å². The summed E-state index contributed by atoms with van der Waals surface area (Å²) in [5, 5.41) is 8.70. The van der Waals surface area contributed by atoms with Crippen LogP contribution in [0.15, 0.2) is 72.8 Å². The Kier molecular flexibility index (Phi) is 5.24. The van der Waals surface area contributed by atoms with Crippen LogP contribution in [0.25, 0.3) is 10.8 Å². The Hall–Kier alpha value is -2.65. The van der Waals surface area contributed by atoms with Crippen LogP contribution in [-0.2, 0) is 11.3 Å². The molecule has 1 amide bonds. The van der Waals surface area contributed by atoms with Crippen molar-refractivity contribution in [2.75, 3.05) is 6.54 Å². The average molecular weight is 318 g/mol. The molecule has 1 atom stereocenters. The van der Waals surface area contributed by atoms with E-state index in [1.807, 2.05) is 42.5 Å². The van der Waals surface area contributed by atoms with Gasteiger partial charge in [0.15, 0.2) is 0 Å². The van der Waals surface area contributed by atoms with Crippen LogP contribution in [0.5, 0.6) is 0 Å². The Morgan fingerprint density at radius 1 is 0.917 bits per heavy atom. The van der Waals surface area contributed by atoms with Crippen LogP contribution in [0.4, 0.5) is 0 Å². The van der Waals surface area contributed by atoms with Crippen molar-refractivity contribution >= 4 is 16.7 Å². The van der Waals surface area contributed by atoms with Gasteiger partial charge in [-0.05, 0) is 28.8 Å². The number of carbonyl (C=O) groups is 1. The summed E-state index contributed by atoms with van der Waals surface area (Å²) < 4.78 is 0. The van der Waals surface area contributed by atoms with Crippen molar-refractivity contribution in [3.8, 4) is 0 Å². The molecule has 122 valence electrons. The van der Waals surface area contributed by atoms with Crippen molar-refractivity contribution in [1.82, 2.24) is 10.6 Å². The van der Waals surface area contributed by atoms with Gasteiger partial charge in [0.25, 0.3) is 0 Å². The topological polar surface area (TPSA) is 41.1 Å². The summed E-state index contributed by atoms with van der Waals surface area (Å²) in [5.41, 5.74) is 2.32. The maximum absolute atomic E-state index is 12.0. The van der Waals surface area contributed by atoms with Gasteiger partial charge >= 0.3 is 0 Å². The number of hydrogen-bond donors (Lipinski definition) is 2. The highest BCUT2D eigenvalue weighted by atomic mass is 16.1. The molecule has 3 rings (SSSR count). The van der Waals surface area contributed by atoms with Crippen LogP contribution < -0.4 is 10.6 Å². The predicted octanol–water partition coefficient (Wildman–Crippen LogP) is 3.81. The number of nitrogens with one attached hydrogen (secondary N) is 2. The highest BCUT2D eigenvalue weighted by Gasteiger charge is 2.10. The molecule has 0 heterocycles. The molecule has 0 aliphatic heterocycles. The maximum Gasteiger partial charge on any atom is 0.234 e. The summed E-state index contributed by atoms with van der Waals surface area (Å²) in [7, 11) is 0. The second-order valence-corrected chi connectivity index (χ2v) is 5.93. The van der Waals surface area contributed by atoms with Gasteiger partial charge in [-0.25, -0.2) is 0 Å². The number of fused-ring (bicyclic) bond motifs is 1. The highest BCUT2D eigenvalue weighted by molar-refractivity contribution is 5.86. The lowest BCUT2D eigenvalue weighted by molar-refractivity contribution is -0.120. The van der Waals surface area contributed by atoms with Gasteiger partial charge in [0, 0.05) is 12.6 Å². The fourth-order valence-corrected chi connectivity index (χ4v) is 2.84. The van der Waals surface area contributed by atoms with E-state index in [0.29, 0.717) is 13.1 Å². The van der Waals surface area contributed by atoms with E-state index in [-0.39, 0.29) is 11.9 Å². The van der Waals surface area contributed by atoms with E-state index < -0.39 is 0 Å². The van der Waals surface area contributed by atoms with Gasteiger partial charge < -0.3 is 10.6 Å². The molecule has 0 unspecified atom stereocenters. The van der Waals surface area contributed by atoms with E-state index in [4.69, 9.17) is 0 Å². The van der Waals surface area contributed by atoms with Crippen LogP contribution in [0.1, 0.15) is 24.1 Å². The Bertz CT molecular complexity index is 809. The zero-order valence-corrected chi connectivity index (χ0v) is 13.8. The summed E-state index contributed by atoms with van der Waals surface area (Å²) in [4.78, 5) is 12.0. The first kappa shape index (κ1) is 16.2. The van der Waals surface area contributed by atoms with Crippen LogP contribution in [0.3, 0.4) is 0 Å². The molecule has 3 aromatic rings. The normalized spacial score (nSPS) is 12.0. The van der Waals surface area contributed by atoms with E-state index in [2.05, 4.69) is 47.9 Å². The number of carbonyl (C=O) groups excluding carboxylic acids is 1. The van der Waals surface area contributed by atoms with Crippen LogP contribution >= 0.6 is 0 Å². The third-order valence-corrected chi connectivity index (χ3v) is 4.19. The molecule has 0 aliphatic rings. The van der Waals surface area contributed by atoms with Gasteiger partial charge in [-0.15, -0.1) is 0 Å². The van der Waals surface area contributed by atoms with Crippen molar-refractivity contribution in [1.29, 1.82) is 0 Å². The minimum Gasteiger partial charge on any atom is -0.351 e. The third-order valence-electron chi connectivity index (χ3n) is 4.19. The molecule has 0 fully saturated rings. The van der Waals surface area contributed by atoms with Gasteiger partial charge in [-0.2, -0.15) is 0 Å². The molecule has 0 spiro atoms. The Labute approximate surface area is 142 Å². The molecule has 2 N–H and O–H groups in total. The summed E-state index contributed by atoms with van der Waals surface area (Å²) in [6.07, 6.45) is 0. The van der Waals surface area contributed by atoms with Crippen molar-refractivity contribution in [2.45, 2.75) is 19.5 Å². The first-order valence-corrected chi connectivity index (χ1v) is 8.26.